The van der Waals surface area contributed by atoms with E-state index in [1.165, 1.54) is 24.1 Å². The molecule has 3 nitrogen and oxygen atoms in total. The number of hydrogen-bond acceptors (Lipinski definition) is 3. The minimum absolute atomic E-state index is 0.351. The van der Waals surface area contributed by atoms with Crippen LogP contribution in [0, 0.1) is 0 Å². The van der Waals surface area contributed by atoms with Crippen molar-refractivity contribution in [2.75, 3.05) is 24.6 Å². The minimum atomic E-state index is 0.351. The molecule has 1 saturated heterocycles. The summed E-state index contributed by atoms with van der Waals surface area (Å²) in [6.45, 7) is 5.86. The van der Waals surface area contributed by atoms with Crippen molar-refractivity contribution in [2.24, 2.45) is 0 Å². The first-order valence-electron chi connectivity index (χ1n) is 7.64. The highest BCUT2D eigenvalue weighted by atomic mass is 35.5. The Balaban J connectivity index is 1.75. The molecular weight excluding hydrogens is 272 g/mol. The topological polar surface area (TPSA) is 24.5 Å². The molecule has 1 aromatic carbocycles. The average molecular weight is 295 g/mol. The first-order chi connectivity index (χ1) is 9.76. The van der Waals surface area contributed by atoms with E-state index in [0.717, 1.165) is 43.7 Å². The van der Waals surface area contributed by atoms with E-state index in [2.05, 4.69) is 29.3 Å². The van der Waals surface area contributed by atoms with Crippen LogP contribution in [-0.4, -0.2) is 31.8 Å². The second kappa shape index (κ2) is 6.33. The van der Waals surface area contributed by atoms with Gasteiger partial charge in [-0.05, 0) is 43.0 Å². The van der Waals surface area contributed by atoms with Gasteiger partial charge in [-0.25, -0.2) is 0 Å². The van der Waals surface area contributed by atoms with Crippen molar-refractivity contribution in [3.63, 3.8) is 0 Å². The molecule has 0 spiro atoms. The zero-order valence-corrected chi connectivity index (χ0v) is 12.8. The second-order valence-corrected chi connectivity index (χ2v) is 6.21. The predicted octanol–water partition coefficient (Wildman–Crippen LogP) is 3.21. The summed E-state index contributed by atoms with van der Waals surface area (Å²) in [4.78, 5) is 2.44. The molecule has 1 aliphatic heterocycles. The standard InChI is InChI=1S/C16H23ClN2O/c1-2-15-11-19(7-8-20-15)16-6-3-13(17)9-12(16)10-18-14-4-5-14/h3,6,9,14-15,18H,2,4-5,7-8,10-11H2,1H3. The molecule has 110 valence electrons. The number of nitrogens with one attached hydrogen (secondary N) is 1. The van der Waals surface area contributed by atoms with Crippen LogP contribution in [0.1, 0.15) is 31.7 Å². The molecular formula is C16H23ClN2O. The second-order valence-electron chi connectivity index (χ2n) is 5.78. The van der Waals surface area contributed by atoms with Crippen molar-refractivity contribution < 1.29 is 4.74 Å². The molecule has 1 unspecified atom stereocenters. The monoisotopic (exact) mass is 294 g/mol. The number of hydrogen-bond donors (Lipinski definition) is 1. The molecule has 20 heavy (non-hydrogen) atoms. The number of anilines is 1. The summed E-state index contributed by atoms with van der Waals surface area (Å²) in [5.74, 6) is 0. The van der Waals surface area contributed by atoms with Gasteiger partial charge in [0.25, 0.3) is 0 Å². The Bertz CT molecular complexity index is 462. The lowest BCUT2D eigenvalue weighted by atomic mass is 10.1. The van der Waals surface area contributed by atoms with E-state index < -0.39 is 0 Å². The third-order valence-electron chi connectivity index (χ3n) is 4.13. The SMILES string of the molecule is CCC1CN(c2ccc(Cl)cc2CNC2CC2)CCO1. The molecule has 2 fully saturated rings. The van der Waals surface area contributed by atoms with E-state index in [-0.39, 0.29) is 0 Å². The Kier molecular flexibility index (Phi) is 4.49. The van der Waals surface area contributed by atoms with Crippen LogP contribution in [0.2, 0.25) is 5.02 Å². The van der Waals surface area contributed by atoms with Gasteiger partial charge in [0.2, 0.25) is 0 Å². The molecule has 0 bridgehead atoms. The lowest BCUT2D eigenvalue weighted by Crippen LogP contribution is -2.42. The molecule has 4 heteroatoms. The Hall–Kier alpha value is -0.770. The van der Waals surface area contributed by atoms with E-state index >= 15 is 0 Å². The minimum Gasteiger partial charge on any atom is -0.375 e. The first kappa shape index (κ1) is 14.2. The fourth-order valence-corrected chi connectivity index (χ4v) is 2.93. The Morgan fingerprint density at radius 1 is 1.40 bits per heavy atom. The number of halogens is 1. The van der Waals surface area contributed by atoms with Crippen LogP contribution < -0.4 is 10.2 Å². The number of nitrogens with zero attached hydrogens (tertiary/aromatic N) is 1. The van der Waals surface area contributed by atoms with Crippen LogP contribution in [-0.2, 0) is 11.3 Å². The first-order valence-corrected chi connectivity index (χ1v) is 8.02. The van der Waals surface area contributed by atoms with Crippen LogP contribution in [0.15, 0.2) is 18.2 Å². The van der Waals surface area contributed by atoms with Gasteiger partial charge >= 0.3 is 0 Å². The highest BCUT2D eigenvalue weighted by Crippen LogP contribution is 2.28. The lowest BCUT2D eigenvalue weighted by molar-refractivity contribution is 0.0384. The smallest absolute Gasteiger partial charge is 0.0748 e. The molecule has 1 saturated carbocycles. The van der Waals surface area contributed by atoms with Crippen molar-refractivity contribution in [1.82, 2.24) is 5.32 Å². The van der Waals surface area contributed by atoms with E-state index in [4.69, 9.17) is 16.3 Å². The summed E-state index contributed by atoms with van der Waals surface area (Å²) in [6, 6.07) is 6.97. The van der Waals surface area contributed by atoms with E-state index in [9.17, 15) is 0 Å². The van der Waals surface area contributed by atoms with Crippen molar-refractivity contribution >= 4 is 17.3 Å². The largest absolute Gasteiger partial charge is 0.375 e. The maximum atomic E-state index is 6.17. The molecule has 1 aliphatic carbocycles. The zero-order chi connectivity index (χ0) is 13.9. The van der Waals surface area contributed by atoms with Gasteiger partial charge in [0.15, 0.2) is 0 Å². The van der Waals surface area contributed by atoms with Gasteiger partial charge in [0.05, 0.1) is 12.7 Å². The Labute approximate surface area is 126 Å². The van der Waals surface area contributed by atoms with Crippen LogP contribution in [0.4, 0.5) is 5.69 Å². The summed E-state index contributed by atoms with van der Waals surface area (Å²) < 4.78 is 5.77. The van der Waals surface area contributed by atoms with Gasteiger partial charge in [-0.2, -0.15) is 0 Å². The lowest BCUT2D eigenvalue weighted by Gasteiger charge is -2.35. The van der Waals surface area contributed by atoms with E-state index in [0.29, 0.717) is 6.10 Å². The van der Waals surface area contributed by atoms with Crippen molar-refractivity contribution in [3.05, 3.63) is 28.8 Å². The van der Waals surface area contributed by atoms with Crippen molar-refractivity contribution in [1.29, 1.82) is 0 Å². The Morgan fingerprint density at radius 3 is 3.00 bits per heavy atom. The summed E-state index contributed by atoms with van der Waals surface area (Å²) in [7, 11) is 0. The normalized spacial score (nSPS) is 23.1. The third kappa shape index (κ3) is 3.46. The third-order valence-corrected chi connectivity index (χ3v) is 4.37. The summed E-state index contributed by atoms with van der Waals surface area (Å²) >= 11 is 6.17. The molecule has 0 aromatic heterocycles. The number of ether oxygens (including phenoxy) is 1. The van der Waals surface area contributed by atoms with Gasteiger partial charge in [-0.1, -0.05) is 18.5 Å². The van der Waals surface area contributed by atoms with Gasteiger partial charge in [-0.3, -0.25) is 0 Å². The van der Waals surface area contributed by atoms with E-state index in [1.54, 1.807) is 0 Å². The summed E-state index contributed by atoms with van der Waals surface area (Å²) in [6.07, 6.45) is 4.04. The molecule has 3 rings (SSSR count). The van der Waals surface area contributed by atoms with Gasteiger partial charge < -0.3 is 15.0 Å². The maximum absolute atomic E-state index is 6.17. The molecule has 1 atom stereocenters. The molecule has 1 N–H and O–H groups in total. The maximum Gasteiger partial charge on any atom is 0.0748 e. The van der Waals surface area contributed by atoms with Crippen LogP contribution >= 0.6 is 11.6 Å². The summed E-state index contributed by atoms with van der Waals surface area (Å²) in [5.41, 5.74) is 2.62. The van der Waals surface area contributed by atoms with E-state index in [1.807, 2.05) is 6.07 Å². The summed E-state index contributed by atoms with van der Waals surface area (Å²) in [5, 5.41) is 4.41. The molecule has 0 amide bonds. The number of benzene rings is 1. The Morgan fingerprint density at radius 2 is 2.25 bits per heavy atom. The molecule has 1 aromatic rings. The van der Waals surface area contributed by atoms with Gasteiger partial charge in [-0.15, -0.1) is 0 Å². The van der Waals surface area contributed by atoms with Crippen molar-refractivity contribution in [2.45, 2.75) is 44.9 Å². The van der Waals surface area contributed by atoms with Crippen LogP contribution in [0.5, 0.6) is 0 Å². The van der Waals surface area contributed by atoms with Crippen LogP contribution in [0.3, 0.4) is 0 Å². The zero-order valence-electron chi connectivity index (χ0n) is 12.1. The van der Waals surface area contributed by atoms with Gasteiger partial charge in [0, 0.05) is 36.4 Å². The highest BCUT2D eigenvalue weighted by Gasteiger charge is 2.23. The molecule has 1 heterocycles. The molecule has 0 radical (unpaired) electrons. The predicted molar refractivity (Wildman–Crippen MR) is 83.6 cm³/mol. The number of morpholine rings is 1. The average Bonchev–Trinajstić information content (AvgIpc) is 3.29. The highest BCUT2D eigenvalue weighted by molar-refractivity contribution is 6.30. The quantitative estimate of drug-likeness (QED) is 0.902. The van der Waals surface area contributed by atoms with Crippen molar-refractivity contribution in [3.8, 4) is 0 Å². The molecule has 2 aliphatic rings. The fourth-order valence-electron chi connectivity index (χ4n) is 2.73. The fraction of sp³-hybridized carbons (Fsp3) is 0.625. The number of rotatable bonds is 5. The van der Waals surface area contributed by atoms with Gasteiger partial charge in [0.1, 0.15) is 0 Å². The van der Waals surface area contributed by atoms with Crippen LogP contribution in [0.25, 0.3) is 0 Å².